The summed E-state index contributed by atoms with van der Waals surface area (Å²) in [6.45, 7) is 6.73. The molecular formula is C19H28O2. The maximum Gasteiger partial charge on any atom is 0.156 e. The predicted molar refractivity (Wildman–Crippen MR) is 82.7 cm³/mol. The molecule has 2 nitrogen and oxygen atoms in total. The van der Waals surface area contributed by atoms with E-state index in [-0.39, 0.29) is 10.8 Å². The summed E-state index contributed by atoms with van der Waals surface area (Å²) in [6.07, 6.45) is 9.48. The molecule has 0 unspecified atom stereocenters. The van der Waals surface area contributed by atoms with Crippen LogP contribution < -0.4 is 0 Å². The molecule has 4 aliphatic rings. The van der Waals surface area contributed by atoms with Gasteiger partial charge in [-0.05, 0) is 80.1 Å². The summed E-state index contributed by atoms with van der Waals surface area (Å²) in [7, 11) is 0. The Morgan fingerprint density at radius 1 is 1.10 bits per heavy atom. The minimum Gasteiger partial charge on any atom is -0.390 e. The maximum absolute atomic E-state index is 12.0. The summed E-state index contributed by atoms with van der Waals surface area (Å²) in [5, 5.41) is 10.9. The van der Waals surface area contributed by atoms with E-state index in [1.807, 2.05) is 6.08 Å². The molecule has 0 amide bonds. The Labute approximate surface area is 128 Å². The highest BCUT2D eigenvalue weighted by atomic mass is 16.3. The van der Waals surface area contributed by atoms with E-state index in [1.165, 1.54) is 24.8 Å². The van der Waals surface area contributed by atoms with Gasteiger partial charge in [-0.2, -0.15) is 0 Å². The van der Waals surface area contributed by atoms with Gasteiger partial charge in [0, 0.05) is 6.42 Å². The van der Waals surface area contributed by atoms with Crippen LogP contribution in [0.3, 0.4) is 0 Å². The van der Waals surface area contributed by atoms with Crippen molar-refractivity contribution >= 4 is 5.78 Å². The topological polar surface area (TPSA) is 37.3 Å². The van der Waals surface area contributed by atoms with Crippen molar-refractivity contribution in [3.63, 3.8) is 0 Å². The largest absolute Gasteiger partial charge is 0.390 e. The molecule has 6 atom stereocenters. The van der Waals surface area contributed by atoms with Crippen LogP contribution in [0.5, 0.6) is 0 Å². The van der Waals surface area contributed by atoms with Crippen molar-refractivity contribution in [1.29, 1.82) is 0 Å². The molecule has 0 aromatic rings. The van der Waals surface area contributed by atoms with Crippen LogP contribution in [-0.2, 0) is 4.79 Å². The second kappa shape index (κ2) is 4.01. The van der Waals surface area contributed by atoms with Crippen LogP contribution in [0, 0.1) is 28.6 Å². The summed E-state index contributed by atoms with van der Waals surface area (Å²) in [5.41, 5.74) is 1.16. The van der Waals surface area contributed by atoms with E-state index >= 15 is 0 Å². The molecule has 21 heavy (non-hydrogen) atoms. The molecule has 0 heterocycles. The molecule has 116 valence electrons. The number of carbonyl (C=O) groups is 1. The zero-order valence-electron chi connectivity index (χ0n) is 13.6. The Bertz CT molecular complexity index is 532. The van der Waals surface area contributed by atoms with Gasteiger partial charge in [-0.15, -0.1) is 0 Å². The first-order chi connectivity index (χ1) is 9.78. The number of allylic oxidation sites excluding steroid dienone is 2. The Kier molecular flexibility index (Phi) is 2.67. The predicted octanol–water partition coefficient (Wildman–Crippen LogP) is 3.88. The van der Waals surface area contributed by atoms with Crippen molar-refractivity contribution in [3.8, 4) is 0 Å². The van der Waals surface area contributed by atoms with Crippen molar-refractivity contribution in [1.82, 2.24) is 0 Å². The highest BCUT2D eigenvalue weighted by Crippen LogP contribution is 2.67. The number of fused-ring (bicyclic) bond motifs is 5. The number of hydrogen-bond acceptors (Lipinski definition) is 2. The second-order valence-corrected chi connectivity index (χ2v) is 8.91. The number of aliphatic hydroxyl groups is 1. The van der Waals surface area contributed by atoms with E-state index in [2.05, 4.69) is 20.8 Å². The molecule has 4 aliphatic carbocycles. The van der Waals surface area contributed by atoms with Crippen LogP contribution in [0.15, 0.2) is 11.6 Å². The minimum atomic E-state index is -0.495. The van der Waals surface area contributed by atoms with Gasteiger partial charge in [0.05, 0.1) is 5.60 Å². The molecule has 0 radical (unpaired) electrons. The molecule has 1 N–H and O–H groups in total. The SMILES string of the molecule is C[C@]12CC[C@@H]3[C@H](CCC4=CC(=O)C[C@]43C)[C@@H]1CC[C@@]2(C)O. The van der Waals surface area contributed by atoms with Gasteiger partial charge >= 0.3 is 0 Å². The first kappa shape index (κ1) is 14.0. The molecular weight excluding hydrogens is 260 g/mol. The van der Waals surface area contributed by atoms with E-state index in [0.29, 0.717) is 23.5 Å². The fourth-order valence-corrected chi connectivity index (χ4v) is 6.66. The molecule has 3 saturated carbocycles. The van der Waals surface area contributed by atoms with E-state index in [1.54, 1.807) is 0 Å². The van der Waals surface area contributed by atoms with E-state index in [0.717, 1.165) is 25.7 Å². The molecule has 2 heteroatoms. The first-order valence-electron chi connectivity index (χ1n) is 8.74. The number of ketones is 1. The third kappa shape index (κ3) is 1.60. The van der Waals surface area contributed by atoms with Gasteiger partial charge < -0.3 is 5.11 Å². The lowest BCUT2D eigenvalue weighted by molar-refractivity contribution is -0.124. The van der Waals surface area contributed by atoms with Gasteiger partial charge in [-0.25, -0.2) is 0 Å². The first-order valence-corrected chi connectivity index (χ1v) is 8.74. The Hall–Kier alpha value is -0.630. The minimum absolute atomic E-state index is 0.0916. The van der Waals surface area contributed by atoms with Crippen molar-refractivity contribution in [2.45, 2.75) is 71.3 Å². The van der Waals surface area contributed by atoms with Crippen LogP contribution in [0.25, 0.3) is 0 Å². The molecule has 3 fully saturated rings. The lowest BCUT2D eigenvalue weighted by Crippen LogP contribution is -2.53. The van der Waals surface area contributed by atoms with Gasteiger partial charge in [0.2, 0.25) is 0 Å². The number of carbonyl (C=O) groups excluding carboxylic acids is 1. The van der Waals surface area contributed by atoms with E-state index < -0.39 is 5.60 Å². The highest BCUT2D eigenvalue weighted by Gasteiger charge is 2.62. The Morgan fingerprint density at radius 3 is 2.57 bits per heavy atom. The highest BCUT2D eigenvalue weighted by molar-refractivity contribution is 5.94. The Morgan fingerprint density at radius 2 is 1.81 bits per heavy atom. The lowest BCUT2D eigenvalue weighted by Gasteiger charge is -2.57. The van der Waals surface area contributed by atoms with Crippen LogP contribution in [-0.4, -0.2) is 16.5 Å². The van der Waals surface area contributed by atoms with Gasteiger partial charge in [0.25, 0.3) is 0 Å². The molecule has 0 aliphatic heterocycles. The summed E-state index contributed by atoms with van der Waals surface area (Å²) in [6, 6.07) is 0. The van der Waals surface area contributed by atoms with E-state index in [4.69, 9.17) is 0 Å². The van der Waals surface area contributed by atoms with Gasteiger partial charge in [0.1, 0.15) is 0 Å². The van der Waals surface area contributed by atoms with Gasteiger partial charge in [-0.1, -0.05) is 19.4 Å². The number of rotatable bonds is 0. The maximum atomic E-state index is 12.0. The van der Waals surface area contributed by atoms with Gasteiger partial charge in [-0.3, -0.25) is 4.79 Å². The molecule has 0 aromatic heterocycles. The standard InChI is InChI=1S/C19H28O2/c1-17-11-13(20)10-12(17)4-5-14-15(17)6-8-18(2)16(14)7-9-19(18,3)21/h10,14-16,21H,4-9,11H2,1-3H3/t14-,15+,16-,17+,18-,19+/m0/s1. The zero-order chi connectivity index (χ0) is 15.0. The van der Waals surface area contributed by atoms with Gasteiger partial charge in [0.15, 0.2) is 5.78 Å². The molecule has 0 aromatic carbocycles. The number of hydrogen-bond donors (Lipinski definition) is 1. The van der Waals surface area contributed by atoms with Crippen LogP contribution in [0.1, 0.15) is 65.7 Å². The third-order valence-electron chi connectivity index (χ3n) is 8.17. The molecule has 4 rings (SSSR count). The Balaban J connectivity index is 1.70. The third-order valence-corrected chi connectivity index (χ3v) is 8.17. The smallest absolute Gasteiger partial charge is 0.156 e. The summed E-state index contributed by atoms with van der Waals surface area (Å²) in [4.78, 5) is 12.0. The van der Waals surface area contributed by atoms with Crippen LogP contribution >= 0.6 is 0 Å². The normalized spacial score (nSPS) is 55.7. The van der Waals surface area contributed by atoms with Crippen molar-refractivity contribution < 1.29 is 9.90 Å². The lowest BCUT2D eigenvalue weighted by atomic mass is 9.48. The summed E-state index contributed by atoms with van der Waals surface area (Å²) >= 11 is 0. The summed E-state index contributed by atoms with van der Waals surface area (Å²) < 4.78 is 0. The second-order valence-electron chi connectivity index (χ2n) is 8.91. The van der Waals surface area contributed by atoms with Crippen molar-refractivity contribution in [2.24, 2.45) is 28.6 Å². The fourth-order valence-electron chi connectivity index (χ4n) is 6.66. The van der Waals surface area contributed by atoms with Crippen molar-refractivity contribution in [3.05, 3.63) is 11.6 Å². The summed E-state index contributed by atoms with van der Waals surface area (Å²) in [5.74, 6) is 2.38. The molecule has 0 bridgehead atoms. The van der Waals surface area contributed by atoms with Crippen molar-refractivity contribution in [2.75, 3.05) is 0 Å². The van der Waals surface area contributed by atoms with E-state index in [9.17, 15) is 9.90 Å². The fraction of sp³-hybridized carbons (Fsp3) is 0.842. The zero-order valence-corrected chi connectivity index (χ0v) is 13.6. The quantitative estimate of drug-likeness (QED) is 0.734. The average molecular weight is 288 g/mol. The van der Waals surface area contributed by atoms with Crippen LogP contribution in [0.2, 0.25) is 0 Å². The monoisotopic (exact) mass is 288 g/mol. The average Bonchev–Trinajstić information content (AvgIpc) is 2.83. The van der Waals surface area contributed by atoms with Crippen LogP contribution in [0.4, 0.5) is 0 Å². The molecule has 0 saturated heterocycles. The molecule has 0 spiro atoms.